The van der Waals surface area contributed by atoms with E-state index in [4.69, 9.17) is 72.2 Å². The fourth-order valence-corrected chi connectivity index (χ4v) is 5.72. The van der Waals surface area contributed by atoms with Crippen LogP contribution in [0.4, 0.5) is 0 Å². The highest BCUT2D eigenvalue weighted by atomic mass is 35.5. The molecular formula is C25H23Cl5N4O4. The van der Waals surface area contributed by atoms with E-state index in [1.165, 1.54) is 12.7 Å². The normalized spacial score (nSPS) is 29.2. The summed E-state index contributed by atoms with van der Waals surface area (Å²) in [7, 11) is 0. The molecule has 8 nitrogen and oxygen atoms in total. The molecule has 2 unspecified atom stereocenters. The van der Waals surface area contributed by atoms with Gasteiger partial charge in [0.2, 0.25) is 0 Å². The topological polar surface area (TPSA) is 91.5 Å². The molecule has 1 aliphatic heterocycles. The minimum atomic E-state index is -1.09. The van der Waals surface area contributed by atoms with Gasteiger partial charge >= 0.3 is 0 Å². The van der Waals surface area contributed by atoms with Crippen LogP contribution >= 0.6 is 58.0 Å². The van der Waals surface area contributed by atoms with Gasteiger partial charge in [-0.3, -0.25) is 4.57 Å². The lowest BCUT2D eigenvalue weighted by atomic mass is 9.90. The molecule has 0 spiro atoms. The van der Waals surface area contributed by atoms with Gasteiger partial charge in [0.1, 0.15) is 30.2 Å². The van der Waals surface area contributed by atoms with Crippen molar-refractivity contribution in [3.8, 4) is 0 Å². The van der Waals surface area contributed by atoms with Crippen molar-refractivity contribution in [3.05, 3.63) is 74.9 Å². The number of imidazole rings is 1. The van der Waals surface area contributed by atoms with Crippen LogP contribution < -0.4 is 0 Å². The van der Waals surface area contributed by atoms with Crippen molar-refractivity contribution in [1.82, 2.24) is 19.5 Å². The van der Waals surface area contributed by atoms with Crippen LogP contribution in [0.1, 0.15) is 18.7 Å². The molecule has 0 saturated carbocycles. The van der Waals surface area contributed by atoms with Gasteiger partial charge in [-0.05, 0) is 36.8 Å². The van der Waals surface area contributed by atoms with Crippen molar-refractivity contribution in [1.29, 1.82) is 0 Å². The van der Waals surface area contributed by atoms with E-state index >= 15 is 0 Å². The maximum atomic E-state index is 11.3. The summed E-state index contributed by atoms with van der Waals surface area (Å²) in [6.07, 6.45) is 4.97. The summed E-state index contributed by atoms with van der Waals surface area (Å²) in [6.45, 7) is 2.44. The van der Waals surface area contributed by atoms with Crippen molar-refractivity contribution >= 4 is 69.2 Å². The number of aliphatic hydroxyl groups excluding tert-OH is 1. The molecule has 202 valence electrons. The average Bonchev–Trinajstić information content (AvgIpc) is 3.41. The summed E-state index contributed by atoms with van der Waals surface area (Å²) in [5.74, 6) is -0.113. The summed E-state index contributed by atoms with van der Waals surface area (Å²) in [6, 6.07) is 5.13. The highest BCUT2D eigenvalue weighted by Gasteiger charge is 2.46. The zero-order chi connectivity index (χ0) is 27.0. The van der Waals surface area contributed by atoms with E-state index in [0.29, 0.717) is 38.4 Å². The van der Waals surface area contributed by atoms with Gasteiger partial charge in [-0.2, -0.15) is 0 Å². The molecule has 1 fully saturated rings. The second-order valence-corrected chi connectivity index (χ2v) is 11.7. The molecule has 6 atom stereocenters. The number of ether oxygens (including phenoxy) is 3. The fraction of sp³-hybridized carbons (Fsp3) is 0.400. The van der Waals surface area contributed by atoms with Gasteiger partial charge in [0.25, 0.3) is 0 Å². The van der Waals surface area contributed by atoms with Crippen molar-refractivity contribution < 1.29 is 19.3 Å². The molecule has 1 N–H and O–H groups in total. The third-order valence-corrected chi connectivity index (χ3v) is 8.04. The van der Waals surface area contributed by atoms with Crippen LogP contribution in [0.15, 0.2) is 54.1 Å². The summed E-state index contributed by atoms with van der Waals surface area (Å²) in [4.78, 5) is 11.8. The van der Waals surface area contributed by atoms with Crippen LogP contribution in [-0.4, -0.2) is 61.0 Å². The van der Waals surface area contributed by atoms with Crippen LogP contribution in [0.25, 0.3) is 11.2 Å². The van der Waals surface area contributed by atoms with E-state index in [1.54, 1.807) is 34.9 Å². The second kappa shape index (κ2) is 11.6. The number of hydrogen-bond donors (Lipinski definition) is 1. The molecule has 2 aromatic heterocycles. The average molecular weight is 621 g/mol. The van der Waals surface area contributed by atoms with Gasteiger partial charge in [0.05, 0.1) is 31.0 Å². The Balaban J connectivity index is 1.34. The number of fused-ring (bicyclic) bond motifs is 1. The van der Waals surface area contributed by atoms with E-state index in [9.17, 15) is 5.11 Å². The number of hydrogen-bond acceptors (Lipinski definition) is 7. The van der Waals surface area contributed by atoms with Gasteiger partial charge in [-0.1, -0.05) is 58.5 Å². The Hall–Kier alpha value is -1.46. The highest BCUT2D eigenvalue weighted by Crippen LogP contribution is 2.37. The third-order valence-electron chi connectivity index (χ3n) is 6.56. The standard InChI is InChI=1S/C25H23Cl5N4O4/c1-25(30)7-16(27)5-3-14(25)9-36-10-18-21(37-8-13-2-4-15(26)6-17(13)28)20(35)24(38-18)34-12-33-19-22(29)31-11-32-23(19)34/h2-7,11-12,14,18,20-21,24,35H,8-10H2,1H3/t14?,18-,20-,21-,24-,25?/m1/s1. The minimum absolute atomic E-state index is 0.113. The first kappa shape index (κ1) is 28.1. The third kappa shape index (κ3) is 5.84. The maximum Gasteiger partial charge on any atom is 0.167 e. The second-order valence-electron chi connectivity index (χ2n) is 9.24. The monoisotopic (exact) mass is 618 g/mol. The molecule has 1 saturated heterocycles. The molecule has 0 amide bonds. The van der Waals surface area contributed by atoms with Gasteiger partial charge in [-0.15, -0.1) is 11.6 Å². The maximum absolute atomic E-state index is 11.3. The Bertz CT molecular complexity index is 1380. The van der Waals surface area contributed by atoms with E-state index in [2.05, 4.69) is 15.0 Å². The quantitative estimate of drug-likeness (QED) is 0.246. The Morgan fingerprint density at radius 1 is 1.13 bits per heavy atom. The van der Waals surface area contributed by atoms with Crippen LogP contribution in [0.5, 0.6) is 0 Å². The first-order chi connectivity index (χ1) is 18.1. The first-order valence-electron chi connectivity index (χ1n) is 11.7. The predicted octanol–water partition coefficient (Wildman–Crippen LogP) is 5.95. The molecule has 0 bridgehead atoms. The number of aromatic nitrogens is 4. The van der Waals surface area contributed by atoms with Gasteiger partial charge < -0.3 is 19.3 Å². The fourth-order valence-electron chi connectivity index (χ4n) is 4.47. The number of alkyl halides is 1. The van der Waals surface area contributed by atoms with Gasteiger partial charge in [-0.25, -0.2) is 15.0 Å². The zero-order valence-corrected chi connectivity index (χ0v) is 23.8. The molecule has 0 radical (unpaired) electrons. The smallest absolute Gasteiger partial charge is 0.167 e. The number of nitrogens with zero attached hydrogens (tertiary/aromatic N) is 4. The molecule has 13 heteroatoms. The van der Waals surface area contributed by atoms with E-state index in [0.717, 1.165) is 0 Å². The molecule has 1 aliphatic carbocycles. The van der Waals surface area contributed by atoms with Crippen molar-refractivity contribution in [2.24, 2.45) is 5.92 Å². The summed E-state index contributed by atoms with van der Waals surface area (Å²) in [5, 5.41) is 13.1. The van der Waals surface area contributed by atoms with Crippen molar-refractivity contribution in [3.63, 3.8) is 0 Å². The lowest BCUT2D eigenvalue weighted by Crippen LogP contribution is -2.38. The molecule has 2 aliphatic rings. The molecule has 3 aromatic rings. The van der Waals surface area contributed by atoms with Crippen LogP contribution in [-0.2, 0) is 20.8 Å². The predicted molar refractivity (Wildman–Crippen MR) is 147 cm³/mol. The summed E-state index contributed by atoms with van der Waals surface area (Å²) < 4.78 is 20.0. The lowest BCUT2D eigenvalue weighted by Gasteiger charge is -2.30. The summed E-state index contributed by atoms with van der Waals surface area (Å²) >= 11 is 31.3. The first-order valence-corrected chi connectivity index (χ1v) is 13.6. The summed E-state index contributed by atoms with van der Waals surface area (Å²) in [5.41, 5.74) is 1.53. The van der Waals surface area contributed by atoms with E-state index in [-0.39, 0.29) is 24.3 Å². The molecule has 5 rings (SSSR count). The molecule has 1 aromatic carbocycles. The highest BCUT2D eigenvalue weighted by molar-refractivity contribution is 6.35. The van der Waals surface area contributed by atoms with Crippen LogP contribution in [0, 0.1) is 5.92 Å². The van der Waals surface area contributed by atoms with E-state index < -0.39 is 29.4 Å². The Morgan fingerprint density at radius 3 is 2.71 bits per heavy atom. The van der Waals surface area contributed by atoms with Crippen molar-refractivity contribution in [2.45, 2.75) is 42.9 Å². The van der Waals surface area contributed by atoms with Gasteiger partial charge in [0.15, 0.2) is 17.0 Å². The van der Waals surface area contributed by atoms with Crippen LogP contribution in [0.3, 0.4) is 0 Å². The Morgan fingerprint density at radius 2 is 1.95 bits per heavy atom. The number of halogens is 5. The number of allylic oxidation sites excluding steroid dienone is 3. The lowest BCUT2D eigenvalue weighted by molar-refractivity contribution is -0.0823. The van der Waals surface area contributed by atoms with Gasteiger partial charge in [0, 0.05) is 21.0 Å². The zero-order valence-electron chi connectivity index (χ0n) is 20.0. The Labute approximate surface area is 244 Å². The molecule has 3 heterocycles. The number of aliphatic hydroxyl groups is 1. The minimum Gasteiger partial charge on any atom is -0.386 e. The van der Waals surface area contributed by atoms with Crippen molar-refractivity contribution in [2.75, 3.05) is 13.2 Å². The Kier molecular flexibility index (Phi) is 8.55. The SMILES string of the molecule is CC1(Cl)C=C(Cl)C=CC1COC[C@H]1O[C@@H](n2cnc3c(Cl)ncnc32)[C@H](O)[C@@H]1OCc1ccc(Cl)cc1Cl. The molecular weight excluding hydrogens is 598 g/mol. The number of benzene rings is 1. The largest absolute Gasteiger partial charge is 0.386 e. The van der Waals surface area contributed by atoms with E-state index in [1.807, 2.05) is 13.0 Å². The van der Waals surface area contributed by atoms with Crippen LogP contribution in [0.2, 0.25) is 15.2 Å². The molecule has 38 heavy (non-hydrogen) atoms. The number of rotatable bonds is 8.